The fraction of sp³-hybridized carbons (Fsp3) is 0.529. The Balaban J connectivity index is 1.98. The number of hydrogen-bond donors (Lipinski definition) is 3. The molecule has 9 heteroatoms. The lowest BCUT2D eigenvalue weighted by Gasteiger charge is -2.31. The molecule has 0 bridgehead atoms. The molecule has 1 heterocycles. The molecule has 1 aliphatic heterocycles. The van der Waals surface area contributed by atoms with Crippen LogP contribution in [0.1, 0.15) is 32.3 Å². The monoisotopic (exact) mass is 398 g/mol. The molecule has 0 unspecified atom stereocenters. The number of hydrazine groups is 1. The zero-order valence-electron chi connectivity index (χ0n) is 15.3. The Morgan fingerprint density at radius 2 is 1.88 bits per heavy atom. The van der Waals surface area contributed by atoms with Gasteiger partial charge in [-0.3, -0.25) is 15.6 Å². The van der Waals surface area contributed by atoms with Gasteiger partial charge in [0.15, 0.2) is 5.11 Å². The summed E-state index contributed by atoms with van der Waals surface area (Å²) in [5.74, 6) is -0.681. The summed E-state index contributed by atoms with van der Waals surface area (Å²) >= 11 is 5.06. The predicted octanol–water partition coefficient (Wildman–Crippen LogP) is 1.30. The van der Waals surface area contributed by atoms with Crippen molar-refractivity contribution in [2.75, 3.05) is 13.1 Å². The Morgan fingerprint density at radius 1 is 1.23 bits per heavy atom. The lowest BCUT2D eigenvalue weighted by molar-refractivity contribution is -0.126. The van der Waals surface area contributed by atoms with Gasteiger partial charge in [0.25, 0.3) is 0 Å². The predicted molar refractivity (Wildman–Crippen MR) is 105 cm³/mol. The van der Waals surface area contributed by atoms with E-state index in [1.54, 1.807) is 24.3 Å². The van der Waals surface area contributed by atoms with Crippen LogP contribution in [-0.4, -0.2) is 42.9 Å². The zero-order valence-corrected chi connectivity index (χ0v) is 16.9. The van der Waals surface area contributed by atoms with E-state index in [0.29, 0.717) is 24.5 Å². The third kappa shape index (κ3) is 5.39. The summed E-state index contributed by atoms with van der Waals surface area (Å²) in [5.41, 5.74) is 6.22. The normalized spacial score (nSPS) is 18.4. The molecular weight excluding hydrogens is 372 g/mol. The van der Waals surface area contributed by atoms with Crippen molar-refractivity contribution in [3.05, 3.63) is 29.8 Å². The first-order chi connectivity index (χ1) is 12.2. The smallest absolute Gasteiger partial charge is 0.243 e. The minimum atomic E-state index is -3.60. The first-order valence-electron chi connectivity index (χ1n) is 8.63. The number of nitrogens with one attached hydrogen (secondary N) is 3. The summed E-state index contributed by atoms with van der Waals surface area (Å²) in [6.07, 6.45) is 1.27. The molecule has 1 aliphatic rings. The fourth-order valence-electron chi connectivity index (χ4n) is 2.75. The molecule has 0 aliphatic carbocycles. The number of benzene rings is 1. The van der Waals surface area contributed by atoms with Crippen molar-refractivity contribution in [2.24, 2.45) is 5.92 Å². The van der Waals surface area contributed by atoms with Crippen LogP contribution in [0.2, 0.25) is 0 Å². The van der Waals surface area contributed by atoms with E-state index in [-0.39, 0.29) is 23.4 Å². The summed E-state index contributed by atoms with van der Waals surface area (Å²) < 4.78 is 27.0. The first kappa shape index (κ1) is 20.6. The average molecular weight is 399 g/mol. The van der Waals surface area contributed by atoms with Gasteiger partial charge in [0.05, 0.1) is 10.8 Å². The number of carbonyl (C=O) groups excluding carboxylic acids is 1. The van der Waals surface area contributed by atoms with Crippen LogP contribution in [0.4, 0.5) is 0 Å². The Bertz CT molecular complexity index is 748. The molecule has 1 amide bonds. The van der Waals surface area contributed by atoms with Crippen LogP contribution in [0.25, 0.3) is 0 Å². The van der Waals surface area contributed by atoms with E-state index in [0.717, 1.165) is 5.56 Å². The molecule has 1 fully saturated rings. The van der Waals surface area contributed by atoms with Gasteiger partial charge < -0.3 is 5.32 Å². The lowest BCUT2D eigenvalue weighted by atomic mass is 9.99. The highest BCUT2D eigenvalue weighted by Gasteiger charge is 2.33. The Kier molecular flexibility index (Phi) is 6.96. The fourth-order valence-corrected chi connectivity index (χ4v) is 4.56. The Labute approximate surface area is 160 Å². The molecule has 0 aromatic heterocycles. The molecule has 1 aromatic carbocycles. The number of sulfonamides is 1. The van der Waals surface area contributed by atoms with Gasteiger partial charge in [-0.05, 0) is 58.0 Å². The molecule has 0 radical (unpaired) electrons. The average Bonchev–Trinajstić information content (AvgIpc) is 2.59. The minimum absolute atomic E-state index is 0.150. The largest absolute Gasteiger partial charge is 0.359 e. The van der Waals surface area contributed by atoms with Gasteiger partial charge in [0.2, 0.25) is 15.9 Å². The van der Waals surface area contributed by atoms with Gasteiger partial charge >= 0.3 is 0 Å². The van der Waals surface area contributed by atoms with E-state index in [1.807, 2.05) is 20.8 Å². The second-order valence-corrected chi connectivity index (χ2v) is 9.10. The molecule has 0 spiro atoms. The number of amides is 1. The van der Waals surface area contributed by atoms with E-state index in [4.69, 9.17) is 12.2 Å². The van der Waals surface area contributed by atoms with Crippen molar-refractivity contribution in [3.63, 3.8) is 0 Å². The van der Waals surface area contributed by atoms with E-state index in [9.17, 15) is 13.2 Å². The van der Waals surface area contributed by atoms with Gasteiger partial charge in [-0.2, -0.15) is 4.31 Å². The van der Waals surface area contributed by atoms with Crippen LogP contribution < -0.4 is 16.2 Å². The van der Waals surface area contributed by atoms with Crippen LogP contribution in [0.3, 0.4) is 0 Å². The molecule has 0 saturated carbocycles. The van der Waals surface area contributed by atoms with E-state index >= 15 is 0 Å². The maximum absolute atomic E-state index is 12.8. The number of hydrogen-bond acceptors (Lipinski definition) is 4. The van der Waals surface area contributed by atoms with Gasteiger partial charge in [-0.25, -0.2) is 8.42 Å². The van der Waals surface area contributed by atoms with Gasteiger partial charge in [0.1, 0.15) is 0 Å². The van der Waals surface area contributed by atoms with Crippen molar-refractivity contribution in [1.82, 2.24) is 20.5 Å². The van der Waals surface area contributed by atoms with E-state index in [1.165, 1.54) is 4.31 Å². The van der Waals surface area contributed by atoms with Crippen LogP contribution >= 0.6 is 12.2 Å². The number of piperidine rings is 1. The first-order valence-corrected chi connectivity index (χ1v) is 10.5. The molecule has 144 valence electrons. The number of nitrogens with zero attached hydrogens (tertiary/aromatic N) is 1. The van der Waals surface area contributed by atoms with Crippen molar-refractivity contribution >= 4 is 33.3 Å². The summed E-state index contributed by atoms with van der Waals surface area (Å²) in [6.45, 7) is 6.35. The second kappa shape index (κ2) is 8.79. The number of rotatable bonds is 4. The third-order valence-electron chi connectivity index (χ3n) is 4.13. The Morgan fingerprint density at radius 3 is 2.50 bits per heavy atom. The standard InChI is InChI=1S/C17H26N4O3S2/c1-12(2)18-17(25)20-19-16(22)14-5-4-10-21(11-14)26(23,24)15-8-6-13(3)7-9-15/h6-9,12,14H,4-5,10-11H2,1-3H3,(H,19,22)(H2,18,20,25)/t14-/m1/s1. The van der Waals surface area contributed by atoms with Crippen molar-refractivity contribution in [3.8, 4) is 0 Å². The highest BCUT2D eigenvalue weighted by atomic mass is 32.2. The summed E-state index contributed by atoms with van der Waals surface area (Å²) in [7, 11) is -3.60. The van der Waals surface area contributed by atoms with E-state index < -0.39 is 15.9 Å². The van der Waals surface area contributed by atoms with Crippen LogP contribution in [-0.2, 0) is 14.8 Å². The number of carbonyl (C=O) groups is 1. The summed E-state index contributed by atoms with van der Waals surface area (Å²) in [4.78, 5) is 12.6. The van der Waals surface area contributed by atoms with Crippen LogP contribution in [0.15, 0.2) is 29.2 Å². The van der Waals surface area contributed by atoms with Gasteiger partial charge in [0, 0.05) is 19.1 Å². The van der Waals surface area contributed by atoms with Crippen LogP contribution in [0.5, 0.6) is 0 Å². The van der Waals surface area contributed by atoms with Gasteiger partial charge in [-0.1, -0.05) is 17.7 Å². The van der Waals surface area contributed by atoms with Crippen LogP contribution in [0, 0.1) is 12.8 Å². The quantitative estimate of drug-likeness (QED) is 0.523. The molecule has 7 nitrogen and oxygen atoms in total. The van der Waals surface area contributed by atoms with Gasteiger partial charge in [-0.15, -0.1) is 0 Å². The maximum atomic E-state index is 12.8. The lowest BCUT2D eigenvalue weighted by Crippen LogP contribution is -2.52. The SMILES string of the molecule is Cc1ccc(S(=O)(=O)N2CCC[C@@H](C(=O)NNC(=S)NC(C)C)C2)cc1. The molecule has 1 saturated heterocycles. The van der Waals surface area contributed by atoms with Crippen molar-refractivity contribution in [2.45, 2.75) is 44.6 Å². The Hall–Kier alpha value is -1.71. The second-order valence-electron chi connectivity index (χ2n) is 6.76. The molecular formula is C17H26N4O3S2. The topological polar surface area (TPSA) is 90.5 Å². The summed E-state index contributed by atoms with van der Waals surface area (Å²) in [6, 6.07) is 6.90. The highest BCUT2D eigenvalue weighted by Crippen LogP contribution is 2.24. The molecule has 1 aromatic rings. The van der Waals surface area contributed by atoms with E-state index in [2.05, 4.69) is 16.2 Å². The third-order valence-corrected chi connectivity index (χ3v) is 6.23. The highest BCUT2D eigenvalue weighted by molar-refractivity contribution is 7.89. The molecule has 26 heavy (non-hydrogen) atoms. The molecule has 3 N–H and O–H groups in total. The minimum Gasteiger partial charge on any atom is -0.359 e. The zero-order chi connectivity index (χ0) is 19.3. The maximum Gasteiger partial charge on any atom is 0.243 e. The number of aryl methyl sites for hydroxylation is 1. The molecule has 1 atom stereocenters. The van der Waals surface area contributed by atoms with Crippen molar-refractivity contribution < 1.29 is 13.2 Å². The number of thiocarbonyl (C=S) groups is 1. The van der Waals surface area contributed by atoms with Crippen molar-refractivity contribution in [1.29, 1.82) is 0 Å². The summed E-state index contributed by atoms with van der Waals surface area (Å²) in [5, 5.41) is 3.29. The molecule has 2 rings (SSSR count).